The minimum atomic E-state index is 0.490. The number of rotatable bonds is 11. The maximum Gasteiger partial charge on any atom is 0.162 e. The van der Waals surface area contributed by atoms with E-state index in [0.29, 0.717) is 42.8 Å². The van der Waals surface area contributed by atoms with Crippen LogP contribution in [0.5, 0.6) is 23.0 Å². The molecule has 0 aliphatic rings. The average Bonchev–Trinajstić information content (AvgIpc) is 2.79. The molecule has 0 aliphatic carbocycles. The van der Waals surface area contributed by atoms with Gasteiger partial charge in [0.1, 0.15) is 24.7 Å². The summed E-state index contributed by atoms with van der Waals surface area (Å²) in [6, 6.07) is 21.4. The molecule has 0 fully saturated rings. The topological polar surface area (TPSA) is 49.0 Å². The van der Waals surface area contributed by atoms with Crippen LogP contribution in [0.15, 0.2) is 66.7 Å². The van der Waals surface area contributed by atoms with E-state index in [2.05, 4.69) is 5.32 Å². The molecule has 3 aromatic rings. The van der Waals surface area contributed by atoms with Gasteiger partial charge in [0.05, 0.1) is 14.2 Å². The summed E-state index contributed by atoms with van der Waals surface area (Å²) in [5.74, 6) is 2.95. The second kappa shape index (κ2) is 11.3. The van der Waals surface area contributed by atoms with E-state index in [1.807, 2.05) is 60.7 Å². The van der Waals surface area contributed by atoms with E-state index < -0.39 is 0 Å². The van der Waals surface area contributed by atoms with Crippen molar-refractivity contribution in [1.82, 2.24) is 5.32 Å². The van der Waals surface area contributed by atoms with Gasteiger partial charge in [-0.15, -0.1) is 0 Å². The largest absolute Gasteiger partial charge is 0.493 e. The minimum Gasteiger partial charge on any atom is -0.493 e. The van der Waals surface area contributed by atoms with Crippen molar-refractivity contribution in [3.63, 3.8) is 0 Å². The van der Waals surface area contributed by atoms with Crippen molar-refractivity contribution < 1.29 is 18.9 Å². The van der Waals surface area contributed by atoms with Crippen molar-refractivity contribution in [2.24, 2.45) is 0 Å². The fourth-order valence-electron chi connectivity index (χ4n) is 2.91. The lowest BCUT2D eigenvalue weighted by molar-refractivity contribution is 0.217. The normalized spacial score (nSPS) is 10.5. The van der Waals surface area contributed by atoms with Gasteiger partial charge in [0.2, 0.25) is 0 Å². The van der Waals surface area contributed by atoms with Crippen molar-refractivity contribution in [1.29, 1.82) is 0 Å². The highest BCUT2D eigenvalue weighted by Crippen LogP contribution is 2.33. The summed E-state index contributed by atoms with van der Waals surface area (Å²) in [6.45, 7) is 2.32. The van der Waals surface area contributed by atoms with Crippen LogP contribution in [0.3, 0.4) is 0 Å². The number of nitrogens with one attached hydrogen (secondary N) is 1. The van der Waals surface area contributed by atoms with Crippen LogP contribution in [0, 0.1) is 0 Å². The lowest BCUT2D eigenvalue weighted by atomic mass is 10.1. The maximum absolute atomic E-state index is 6.34. The van der Waals surface area contributed by atoms with Crippen molar-refractivity contribution in [3.05, 3.63) is 82.9 Å². The smallest absolute Gasteiger partial charge is 0.162 e. The van der Waals surface area contributed by atoms with E-state index in [9.17, 15) is 0 Å². The van der Waals surface area contributed by atoms with Crippen LogP contribution < -0.4 is 24.3 Å². The highest BCUT2D eigenvalue weighted by Gasteiger charge is 2.09. The van der Waals surface area contributed by atoms with Crippen molar-refractivity contribution in [2.75, 3.05) is 27.4 Å². The fraction of sp³-hybridized carbons (Fsp3) is 0.250. The lowest BCUT2D eigenvalue weighted by Gasteiger charge is -2.13. The van der Waals surface area contributed by atoms with Gasteiger partial charge in [0.15, 0.2) is 11.5 Å². The molecule has 0 aromatic heterocycles. The summed E-state index contributed by atoms with van der Waals surface area (Å²) < 4.78 is 22.0. The molecule has 6 heteroatoms. The highest BCUT2D eigenvalue weighted by molar-refractivity contribution is 6.31. The van der Waals surface area contributed by atoms with Gasteiger partial charge >= 0.3 is 0 Å². The third-order valence-corrected chi connectivity index (χ3v) is 4.84. The highest BCUT2D eigenvalue weighted by atomic mass is 35.5. The lowest BCUT2D eigenvalue weighted by Crippen LogP contribution is -2.13. The second-order valence-electron chi connectivity index (χ2n) is 6.56. The molecule has 158 valence electrons. The number of para-hydroxylation sites is 1. The minimum absolute atomic E-state index is 0.490. The first-order valence-electron chi connectivity index (χ1n) is 9.70. The molecule has 0 spiro atoms. The molecule has 0 unspecified atom stereocenters. The Morgan fingerprint density at radius 2 is 1.33 bits per heavy atom. The summed E-state index contributed by atoms with van der Waals surface area (Å²) in [6.07, 6.45) is 0. The molecule has 5 nitrogen and oxygen atoms in total. The summed E-state index contributed by atoms with van der Waals surface area (Å²) >= 11 is 6.34. The predicted molar refractivity (Wildman–Crippen MR) is 119 cm³/mol. The Balaban J connectivity index is 1.42. The molecule has 0 bridgehead atoms. The van der Waals surface area contributed by atoms with Crippen molar-refractivity contribution >= 4 is 11.6 Å². The molecule has 0 aliphatic heterocycles. The molecule has 0 heterocycles. The number of hydrogen-bond acceptors (Lipinski definition) is 5. The van der Waals surface area contributed by atoms with Crippen LogP contribution in [0.1, 0.15) is 11.1 Å². The molecule has 3 aromatic carbocycles. The van der Waals surface area contributed by atoms with Gasteiger partial charge in [-0.1, -0.05) is 41.9 Å². The van der Waals surface area contributed by atoms with E-state index in [0.717, 1.165) is 22.6 Å². The monoisotopic (exact) mass is 427 g/mol. The van der Waals surface area contributed by atoms with Gasteiger partial charge in [0.25, 0.3) is 0 Å². The van der Waals surface area contributed by atoms with Gasteiger partial charge in [-0.25, -0.2) is 0 Å². The number of methoxy groups -OCH3 is 2. The molecule has 0 radical (unpaired) electrons. The van der Waals surface area contributed by atoms with Gasteiger partial charge in [0, 0.05) is 24.2 Å². The zero-order chi connectivity index (χ0) is 21.2. The standard InChI is InChI=1S/C24H26ClNO4/c1-27-23-14-19(22(25)15-24(23)28-2)17-26-16-18-8-10-21(11-9-18)30-13-12-29-20-6-4-3-5-7-20/h3-11,14-15,26H,12-13,16-17H2,1-2H3. The molecular weight excluding hydrogens is 402 g/mol. The molecular formula is C24H26ClNO4. The average molecular weight is 428 g/mol. The molecule has 0 amide bonds. The van der Waals surface area contributed by atoms with E-state index in [-0.39, 0.29) is 0 Å². The van der Waals surface area contributed by atoms with E-state index in [1.54, 1.807) is 20.3 Å². The Labute approximate surface area is 182 Å². The Kier molecular flexibility index (Phi) is 8.24. The molecule has 3 rings (SSSR count). The SMILES string of the molecule is COc1cc(Cl)c(CNCc2ccc(OCCOc3ccccc3)cc2)cc1OC. The zero-order valence-electron chi connectivity index (χ0n) is 17.2. The quantitative estimate of drug-likeness (QED) is 0.431. The Morgan fingerprint density at radius 1 is 0.733 bits per heavy atom. The fourth-order valence-corrected chi connectivity index (χ4v) is 3.13. The van der Waals surface area contributed by atoms with Crippen molar-refractivity contribution in [3.8, 4) is 23.0 Å². The number of ether oxygens (including phenoxy) is 4. The molecule has 30 heavy (non-hydrogen) atoms. The summed E-state index contributed by atoms with van der Waals surface area (Å²) in [4.78, 5) is 0. The van der Waals surface area contributed by atoms with E-state index >= 15 is 0 Å². The van der Waals surface area contributed by atoms with Crippen LogP contribution in [-0.2, 0) is 13.1 Å². The van der Waals surface area contributed by atoms with Crippen molar-refractivity contribution in [2.45, 2.75) is 13.1 Å². The van der Waals surface area contributed by atoms with Crippen LogP contribution in [0.25, 0.3) is 0 Å². The predicted octanol–water partition coefficient (Wildman–Crippen LogP) is 5.10. The van der Waals surface area contributed by atoms with Gasteiger partial charge in [-0.2, -0.15) is 0 Å². The summed E-state index contributed by atoms with van der Waals surface area (Å²) in [7, 11) is 3.20. The van der Waals surface area contributed by atoms with Crippen LogP contribution in [-0.4, -0.2) is 27.4 Å². The Bertz CT molecular complexity index is 916. The van der Waals surface area contributed by atoms with Crippen LogP contribution in [0.2, 0.25) is 5.02 Å². The first-order valence-corrected chi connectivity index (χ1v) is 10.1. The summed E-state index contributed by atoms with van der Waals surface area (Å²) in [5, 5.41) is 4.04. The Hall–Kier alpha value is -2.89. The second-order valence-corrected chi connectivity index (χ2v) is 6.96. The van der Waals surface area contributed by atoms with Crippen LogP contribution in [0.4, 0.5) is 0 Å². The van der Waals surface area contributed by atoms with Gasteiger partial charge in [-0.05, 0) is 41.5 Å². The molecule has 0 atom stereocenters. The first-order chi connectivity index (χ1) is 14.7. The van der Waals surface area contributed by atoms with E-state index in [4.69, 9.17) is 30.5 Å². The number of hydrogen-bond donors (Lipinski definition) is 1. The molecule has 0 saturated heterocycles. The summed E-state index contributed by atoms with van der Waals surface area (Å²) in [5.41, 5.74) is 2.10. The van der Waals surface area contributed by atoms with Gasteiger partial charge < -0.3 is 24.3 Å². The van der Waals surface area contributed by atoms with Crippen LogP contribution >= 0.6 is 11.6 Å². The Morgan fingerprint density at radius 3 is 1.97 bits per heavy atom. The third kappa shape index (κ3) is 6.31. The molecule has 0 saturated carbocycles. The number of halogens is 1. The zero-order valence-corrected chi connectivity index (χ0v) is 17.9. The third-order valence-electron chi connectivity index (χ3n) is 4.48. The molecule has 1 N–H and O–H groups in total. The van der Waals surface area contributed by atoms with E-state index in [1.165, 1.54) is 0 Å². The maximum atomic E-state index is 6.34. The first kappa shape index (κ1) is 21.8. The van der Waals surface area contributed by atoms with Gasteiger partial charge in [-0.3, -0.25) is 0 Å². The number of benzene rings is 3.